The second kappa shape index (κ2) is 6.41. The topological polar surface area (TPSA) is 41.6 Å². The van der Waals surface area contributed by atoms with Gasteiger partial charge < -0.3 is 10.1 Å². The molecule has 2 heterocycles. The van der Waals surface area contributed by atoms with Crippen molar-refractivity contribution < 1.29 is 9.53 Å². The summed E-state index contributed by atoms with van der Waals surface area (Å²) < 4.78 is 6.97. The predicted octanol–water partition coefficient (Wildman–Crippen LogP) is 1.88. The molecule has 0 radical (unpaired) electrons. The van der Waals surface area contributed by atoms with E-state index in [9.17, 15) is 4.79 Å². The van der Waals surface area contributed by atoms with Crippen molar-refractivity contribution in [2.24, 2.45) is 0 Å². The van der Waals surface area contributed by atoms with Crippen LogP contribution in [-0.2, 0) is 4.74 Å². The molecule has 4 nitrogen and oxygen atoms in total. The second-order valence-electron chi connectivity index (χ2n) is 5.46. The summed E-state index contributed by atoms with van der Waals surface area (Å²) >= 11 is 2.23. The molecule has 2 aliphatic rings. The van der Waals surface area contributed by atoms with Gasteiger partial charge in [-0.05, 0) is 66.2 Å². The van der Waals surface area contributed by atoms with Crippen molar-refractivity contribution in [2.75, 3.05) is 26.2 Å². The Bertz CT molecular complexity index is 477. The monoisotopic (exact) mass is 386 g/mol. The van der Waals surface area contributed by atoms with E-state index in [-0.39, 0.29) is 12.0 Å². The first-order valence-corrected chi connectivity index (χ1v) is 8.19. The maximum absolute atomic E-state index is 12.0. The number of hydrogen-bond acceptors (Lipinski definition) is 3. The molecule has 1 aromatic carbocycles. The normalized spacial score (nSPS) is 26.2. The van der Waals surface area contributed by atoms with Crippen molar-refractivity contribution in [1.29, 1.82) is 0 Å². The number of rotatable bonds is 3. The van der Waals surface area contributed by atoms with Crippen molar-refractivity contribution in [2.45, 2.75) is 25.0 Å². The highest BCUT2D eigenvalue weighted by Crippen LogP contribution is 2.22. The zero-order valence-electron chi connectivity index (χ0n) is 11.3. The summed E-state index contributed by atoms with van der Waals surface area (Å²) in [5, 5.41) is 2.97. The smallest absolute Gasteiger partial charge is 0.251 e. The molecule has 2 aliphatic heterocycles. The highest BCUT2D eigenvalue weighted by Gasteiger charge is 2.32. The van der Waals surface area contributed by atoms with Gasteiger partial charge in [-0.3, -0.25) is 9.69 Å². The second-order valence-corrected chi connectivity index (χ2v) is 6.71. The van der Waals surface area contributed by atoms with Gasteiger partial charge in [0.1, 0.15) is 0 Å². The molecule has 1 N–H and O–H groups in total. The van der Waals surface area contributed by atoms with E-state index in [1.165, 1.54) is 19.4 Å². The molecule has 0 unspecified atom stereocenters. The largest absolute Gasteiger partial charge is 0.373 e. The number of nitrogens with zero attached hydrogens (tertiary/aromatic N) is 1. The van der Waals surface area contributed by atoms with Crippen LogP contribution in [-0.4, -0.2) is 49.2 Å². The van der Waals surface area contributed by atoms with Gasteiger partial charge in [-0.25, -0.2) is 0 Å². The average Bonchev–Trinajstić information content (AvgIpc) is 2.93. The summed E-state index contributed by atoms with van der Waals surface area (Å²) in [6.07, 6.45) is 2.65. The number of halogens is 1. The summed E-state index contributed by atoms with van der Waals surface area (Å²) in [7, 11) is 0. The van der Waals surface area contributed by atoms with Crippen molar-refractivity contribution in [3.8, 4) is 0 Å². The Hall–Kier alpha value is -0.660. The van der Waals surface area contributed by atoms with Gasteiger partial charge in [0.2, 0.25) is 0 Å². The van der Waals surface area contributed by atoms with Crippen molar-refractivity contribution in [3.63, 3.8) is 0 Å². The number of benzene rings is 1. The fourth-order valence-electron chi connectivity index (χ4n) is 2.92. The van der Waals surface area contributed by atoms with Crippen molar-refractivity contribution in [3.05, 3.63) is 33.4 Å². The molecule has 2 atom stereocenters. The lowest BCUT2D eigenvalue weighted by atomic mass is 10.2. The number of ether oxygens (including phenoxy) is 1. The Morgan fingerprint density at radius 3 is 3.00 bits per heavy atom. The van der Waals surface area contributed by atoms with Crippen LogP contribution in [0.2, 0.25) is 0 Å². The van der Waals surface area contributed by atoms with Crippen LogP contribution in [0.25, 0.3) is 0 Å². The third kappa shape index (κ3) is 3.32. The summed E-state index contributed by atoms with van der Waals surface area (Å²) in [6, 6.07) is 8.21. The lowest BCUT2D eigenvalue weighted by molar-refractivity contribution is -0.0461. The van der Waals surface area contributed by atoms with E-state index < -0.39 is 0 Å². The Morgan fingerprint density at radius 2 is 2.20 bits per heavy atom. The van der Waals surface area contributed by atoms with Gasteiger partial charge in [-0.15, -0.1) is 0 Å². The van der Waals surface area contributed by atoms with E-state index >= 15 is 0 Å². The maximum atomic E-state index is 12.0. The molecule has 0 aromatic heterocycles. The first-order valence-electron chi connectivity index (χ1n) is 7.12. The molecular formula is C15H19IN2O2. The van der Waals surface area contributed by atoms with Gasteiger partial charge in [-0.2, -0.15) is 0 Å². The molecular weight excluding hydrogens is 367 g/mol. The Labute approximate surface area is 133 Å². The fourth-order valence-corrected chi connectivity index (χ4v) is 3.28. The number of hydrogen-bond donors (Lipinski definition) is 1. The van der Waals surface area contributed by atoms with Crippen LogP contribution >= 0.6 is 22.6 Å². The minimum atomic E-state index is -0.0199. The molecule has 2 fully saturated rings. The highest BCUT2D eigenvalue weighted by atomic mass is 127. The first kappa shape index (κ1) is 14.3. The van der Waals surface area contributed by atoms with Crippen LogP contribution in [0.4, 0.5) is 0 Å². The van der Waals surface area contributed by atoms with Gasteiger partial charge >= 0.3 is 0 Å². The van der Waals surface area contributed by atoms with Crippen LogP contribution in [0.1, 0.15) is 23.2 Å². The number of amides is 1. The molecule has 0 aliphatic carbocycles. The molecule has 20 heavy (non-hydrogen) atoms. The zero-order valence-corrected chi connectivity index (χ0v) is 13.5. The summed E-state index contributed by atoms with van der Waals surface area (Å²) in [5.41, 5.74) is 0.709. The summed E-state index contributed by atoms with van der Waals surface area (Å²) in [4.78, 5) is 14.5. The number of fused-ring (bicyclic) bond motifs is 1. The highest BCUT2D eigenvalue weighted by molar-refractivity contribution is 14.1. The van der Waals surface area contributed by atoms with E-state index in [0.717, 1.165) is 16.7 Å². The van der Waals surface area contributed by atoms with E-state index in [1.54, 1.807) is 0 Å². The minimum absolute atomic E-state index is 0.0199. The summed E-state index contributed by atoms with van der Waals surface area (Å²) in [5.74, 6) is -0.0199. The van der Waals surface area contributed by atoms with E-state index in [4.69, 9.17) is 4.74 Å². The standard InChI is InChI=1S/C15H19IN2O2/c16-12-5-3-11(4-6-12)15(19)17-8-14-9-18-7-1-2-13(18)10-20-14/h3-6,13-14H,1-2,7-10H2,(H,17,19)/t13-,14-/m0/s1. The van der Waals surface area contributed by atoms with Gasteiger partial charge in [-0.1, -0.05) is 0 Å². The Morgan fingerprint density at radius 1 is 1.40 bits per heavy atom. The third-order valence-electron chi connectivity index (χ3n) is 4.06. The molecule has 0 bridgehead atoms. The minimum Gasteiger partial charge on any atom is -0.373 e. The van der Waals surface area contributed by atoms with E-state index in [2.05, 4.69) is 32.8 Å². The molecule has 0 spiro atoms. The van der Waals surface area contributed by atoms with Gasteiger partial charge in [0.05, 0.1) is 12.7 Å². The molecule has 0 saturated carbocycles. The van der Waals surface area contributed by atoms with Gasteiger partial charge in [0, 0.05) is 28.3 Å². The van der Waals surface area contributed by atoms with Crippen LogP contribution in [0.5, 0.6) is 0 Å². The first-order chi connectivity index (χ1) is 9.72. The lowest BCUT2D eigenvalue weighted by Gasteiger charge is -2.35. The van der Waals surface area contributed by atoms with E-state index in [1.807, 2.05) is 24.3 Å². The van der Waals surface area contributed by atoms with Gasteiger partial charge in [0.15, 0.2) is 0 Å². The molecule has 108 valence electrons. The zero-order chi connectivity index (χ0) is 13.9. The number of carbonyl (C=O) groups is 1. The SMILES string of the molecule is O=C(NC[C@H]1CN2CCC[C@H]2CO1)c1ccc(I)cc1. The Kier molecular flexibility index (Phi) is 4.58. The Balaban J connectivity index is 1.49. The molecule has 1 amide bonds. The number of carbonyl (C=O) groups excluding carboxylic acids is 1. The molecule has 1 aromatic rings. The van der Waals surface area contributed by atoms with Crippen LogP contribution < -0.4 is 5.32 Å². The average molecular weight is 386 g/mol. The predicted molar refractivity (Wildman–Crippen MR) is 85.8 cm³/mol. The third-order valence-corrected chi connectivity index (χ3v) is 4.78. The lowest BCUT2D eigenvalue weighted by Crippen LogP contribution is -2.50. The van der Waals surface area contributed by atoms with Crippen LogP contribution in [0.3, 0.4) is 0 Å². The maximum Gasteiger partial charge on any atom is 0.251 e. The van der Waals surface area contributed by atoms with E-state index in [0.29, 0.717) is 18.2 Å². The molecule has 3 rings (SSSR count). The number of morpholine rings is 1. The van der Waals surface area contributed by atoms with Crippen molar-refractivity contribution >= 4 is 28.5 Å². The van der Waals surface area contributed by atoms with Crippen molar-refractivity contribution in [1.82, 2.24) is 10.2 Å². The number of nitrogens with one attached hydrogen (secondary N) is 1. The van der Waals surface area contributed by atoms with Gasteiger partial charge in [0.25, 0.3) is 5.91 Å². The van der Waals surface area contributed by atoms with Crippen LogP contribution in [0.15, 0.2) is 24.3 Å². The summed E-state index contributed by atoms with van der Waals surface area (Å²) in [6.45, 7) is 3.52. The molecule has 2 saturated heterocycles. The quantitative estimate of drug-likeness (QED) is 0.807. The van der Waals surface area contributed by atoms with Crippen LogP contribution in [0, 0.1) is 3.57 Å². The fraction of sp³-hybridized carbons (Fsp3) is 0.533. The molecule has 5 heteroatoms.